The lowest BCUT2D eigenvalue weighted by atomic mass is 10.0. The molecule has 0 saturated carbocycles. The maximum absolute atomic E-state index is 4.49. The molecule has 20 heavy (non-hydrogen) atoms. The van der Waals surface area contributed by atoms with E-state index in [0.717, 1.165) is 23.8 Å². The average molecular weight is 272 g/mol. The molecule has 0 fully saturated rings. The zero-order chi connectivity index (χ0) is 14.4. The van der Waals surface area contributed by atoms with Crippen LogP contribution in [0.2, 0.25) is 0 Å². The van der Waals surface area contributed by atoms with E-state index in [1.807, 2.05) is 36.5 Å². The molecule has 0 spiro atoms. The number of hydrogen-bond acceptors (Lipinski definition) is 3. The van der Waals surface area contributed by atoms with Crippen LogP contribution in [0, 0.1) is 5.92 Å². The predicted molar refractivity (Wildman–Crippen MR) is 81.7 cm³/mol. The first-order chi connectivity index (χ1) is 9.69. The zero-order valence-electron chi connectivity index (χ0n) is 12.6. The Bertz CT molecular complexity index is 506. The Morgan fingerprint density at radius 3 is 2.65 bits per heavy atom. The summed E-state index contributed by atoms with van der Waals surface area (Å²) in [5.74, 6) is 0.762. The summed E-state index contributed by atoms with van der Waals surface area (Å²) < 4.78 is 0. The van der Waals surface area contributed by atoms with Gasteiger partial charge in [0.15, 0.2) is 0 Å². The molecular weight excluding hydrogens is 248 g/mol. The average Bonchev–Trinajstić information content (AvgIpc) is 2.95. The van der Waals surface area contributed by atoms with E-state index in [1.54, 1.807) is 4.80 Å². The molecule has 108 valence electrons. The van der Waals surface area contributed by atoms with Gasteiger partial charge in [-0.2, -0.15) is 15.0 Å². The van der Waals surface area contributed by atoms with E-state index in [4.69, 9.17) is 0 Å². The van der Waals surface area contributed by atoms with Crippen LogP contribution in [-0.2, 0) is 6.54 Å². The fourth-order valence-electron chi connectivity index (χ4n) is 2.19. The molecule has 0 amide bonds. The zero-order valence-corrected chi connectivity index (χ0v) is 12.6. The monoisotopic (exact) mass is 272 g/mol. The molecule has 0 aliphatic rings. The summed E-state index contributed by atoms with van der Waals surface area (Å²) in [6.07, 6.45) is 4.26. The lowest BCUT2D eigenvalue weighted by molar-refractivity contribution is 0.410. The SMILES string of the molecule is CCC(C)CC(C)NCc1cnn(-c2ccccc2)n1. The maximum atomic E-state index is 4.49. The fourth-order valence-corrected chi connectivity index (χ4v) is 2.19. The van der Waals surface area contributed by atoms with Crippen LogP contribution in [0.1, 0.15) is 39.3 Å². The van der Waals surface area contributed by atoms with Gasteiger partial charge in [0.1, 0.15) is 0 Å². The van der Waals surface area contributed by atoms with E-state index < -0.39 is 0 Å². The normalized spacial score (nSPS) is 14.2. The Morgan fingerprint density at radius 1 is 1.20 bits per heavy atom. The van der Waals surface area contributed by atoms with Gasteiger partial charge in [0.05, 0.1) is 17.6 Å². The fraction of sp³-hybridized carbons (Fsp3) is 0.500. The van der Waals surface area contributed by atoms with Gasteiger partial charge in [0.25, 0.3) is 0 Å². The summed E-state index contributed by atoms with van der Waals surface area (Å²) in [6.45, 7) is 7.53. The topological polar surface area (TPSA) is 42.7 Å². The van der Waals surface area contributed by atoms with Crippen molar-refractivity contribution in [3.8, 4) is 5.69 Å². The minimum absolute atomic E-state index is 0.506. The Balaban J connectivity index is 1.87. The van der Waals surface area contributed by atoms with Crippen LogP contribution in [0.4, 0.5) is 0 Å². The Kier molecular flexibility index (Phi) is 5.30. The van der Waals surface area contributed by atoms with Gasteiger partial charge in [-0.25, -0.2) is 0 Å². The molecule has 0 saturated heterocycles. The minimum atomic E-state index is 0.506. The molecule has 0 aliphatic heterocycles. The number of nitrogens with zero attached hydrogens (tertiary/aromatic N) is 3. The molecule has 2 rings (SSSR count). The highest BCUT2D eigenvalue weighted by atomic mass is 15.5. The van der Waals surface area contributed by atoms with Gasteiger partial charge >= 0.3 is 0 Å². The van der Waals surface area contributed by atoms with Crippen LogP contribution in [0.3, 0.4) is 0 Å². The molecule has 1 N–H and O–H groups in total. The second-order valence-corrected chi connectivity index (χ2v) is 5.49. The summed E-state index contributed by atoms with van der Waals surface area (Å²) in [4.78, 5) is 1.68. The highest BCUT2D eigenvalue weighted by molar-refractivity contribution is 5.28. The first kappa shape index (κ1) is 14.7. The van der Waals surface area contributed by atoms with E-state index in [9.17, 15) is 0 Å². The van der Waals surface area contributed by atoms with Crippen molar-refractivity contribution >= 4 is 0 Å². The van der Waals surface area contributed by atoms with Gasteiger partial charge in [-0.15, -0.1) is 0 Å². The second kappa shape index (κ2) is 7.20. The van der Waals surface area contributed by atoms with Crippen LogP contribution in [0.25, 0.3) is 5.69 Å². The van der Waals surface area contributed by atoms with Crippen molar-refractivity contribution in [3.63, 3.8) is 0 Å². The molecule has 2 aromatic rings. The quantitative estimate of drug-likeness (QED) is 0.841. The molecular formula is C16H24N4. The molecule has 1 aromatic carbocycles. The van der Waals surface area contributed by atoms with E-state index >= 15 is 0 Å². The predicted octanol–water partition coefficient (Wildman–Crippen LogP) is 3.18. The molecule has 2 atom stereocenters. The molecule has 1 heterocycles. The second-order valence-electron chi connectivity index (χ2n) is 5.49. The molecule has 0 aliphatic carbocycles. The number of benzene rings is 1. The van der Waals surface area contributed by atoms with Gasteiger partial charge in [-0.05, 0) is 31.4 Å². The van der Waals surface area contributed by atoms with Gasteiger partial charge < -0.3 is 5.32 Å². The smallest absolute Gasteiger partial charge is 0.0969 e. The Labute approximate surface area is 121 Å². The van der Waals surface area contributed by atoms with Crippen LogP contribution >= 0.6 is 0 Å². The number of para-hydroxylation sites is 1. The number of nitrogens with one attached hydrogen (secondary N) is 1. The molecule has 1 aromatic heterocycles. The van der Waals surface area contributed by atoms with Crippen molar-refractivity contribution in [2.75, 3.05) is 0 Å². The van der Waals surface area contributed by atoms with E-state index in [2.05, 4.69) is 36.3 Å². The number of hydrogen-bond donors (Lipinski definition) is 1. The van der Waals surface area contributed by atoms with Gasteiger partial charge in [0.2, 0.25) is 0 Å². The van der Waals surface area contributed by atoms with Crippen LogP contribution in [-0.4, -0.2) is 21.0 Å². The minimum Gasteiger partial charge on any atom is -0.309 e. The van der Waals surface area contributed by atoms with E-state index in [0.29, 0.717) is 6.04 Å². The van der Waals surface area contributed by atoms with Crippen molar-refractivity contribution in [2.24, 2.45) is 5.92 Å². The first-order valence-corrected chi connectivity index (χ1v) is 7.39. The molecule has 0 radical (unpaired) electrons. The largest absolute Gasteiger partial charge is 0.309 e. The first-order valence-electron chi connectivity index (χ1n) is 7.39. The third kappa shape index (κ3) is 4.17. The molecule has 4 nitrogen and oxygen atoms in total. The summed E-state index contributed by atoms with van der Waals surface area (Å²) in [7, 11) is 0. The third-order valence-electron chi connectivity index (χ3n) is 3.61. The van der Waals surface area contributed by atoms with Gasteiger partial charge in [0, 0.05) is 12.6 Å². The van der Waals surface area contributed by atoms with Crippen molar-refractivity contribution in [1.29, 1.82) is 0 Å². The lowest BCUT2D eigenvalue weighted by Crippen LogP contribution is -2.27. The lowest BCUT2D eigenvalue weighted by Gasteiger charge is -2.16. The molecule has 0 bridgehead atoms. The van der Waals surface area contributed by atoms with Gasteiger partial charge in [-0.3, -0.25) is 0 Å². The summed E-state index contributed by atoms with van der Waals surface area (Å²) in [5, 5.41) is 12.3. The molecule has 2 unspecified atom stereocenters. The summed E-state index contributed by atoms with van der Waals surface area (Å²) in [5.41, 5.74) is 1.97. The maximum Gasteiger partial charge on any atom is 0.0969 e. The Morgan fingerprint density at radius 2 is 1.95 bits per heavy atom. The number of rotatable bonds is 7. The van der Waals surface area contributed by atoms with Crippen LogP contribution in [0.5, 0.6) is 0 Å². The standard InChI is InChI=1S/C16H24N4/c1-4-13(2)10-14(3)17-11-15-12-18-20(19-15)16-8-6-5-7-9-16/h5-9,12-14,17H,4,10-11H2,1-3H3. The highest BCUT2D eigenvalue weighted by Gasteiger charge is 2.08. The van der Waals surface area contributed by atoms with Crippen molar-refractivity contribution < 1.29 is 0 Å². The van der Waals surface area contributed by atoms with Crippen LogP contribution < -0.4 is 5.32 Å². The molecule has 4 heteroatoms. The van der Waals surface area contributed by atoms with Gasteiger partial charge in [-0.1, -0.05) is 38.5 Å². The number of aromatic nitrogens is 3. The Hall–Kier alpha value is -1.68. The van der Waals surface area contributed by atoms with E-state index in [-0.39, 0.29) is 0 Å². The van der Waals surface area contributed by atoms with Crippen molar-refractivity contribution in [2.45, 2.75) is 46.2 Å². The summed E-state index contributed by atoms with van der Waals surface area (Å²) >= 11 is 0. The van der Waals surface area contributed by atoms with Crippen LogP contribution in [0.15, 0.2) is 36.5 Å². The van der Waals surface area contributed by atoms with Crippen molar-refractivity contribution in [3.05, 3.63) is 42.2 Å². The summed E-state index contributed by atoms with van der Waals surface area (Å²) in [6, 6.07) is 10.5. The third-order valence-corrected chi connectivity index (χ3v) is 3.61. The van der Waals surface area contributed by atoms with E-state index in [1.165, 1.54) is 12.8 Å². The highest BCUT2D eigenvalue weighted by Crippen LogP contribution is 2.10. The van der Waals surface area contributed by atoms with Crippen molar-refractivity contribution in [1.82, 2.24) is 20.3 Å².